The summed E-state index contributed by atoms with van der Waals surface area (Å²) in [6.45, 7) is 8.23. The van der Waals surface area contributed by atoms with Crippen molar-refractivity contribution in [2.75, 3.05) is 6.54 Å². The zero-order chi connectivity index (χ0) is 13.5. The maximum absolute atomic E-state index is 5.96. The molecule has 0 saturated heterocycles. The first kappa shape index (κ1) is 16.0. The van der Waals surface area contributed by atoms with Crippen LogP contribution in [-0.4, -0.2) is 12.6 Å². The highest BCUT2D eigenvalue weighted by molar-refractivity contribution is 9.11. The first-order valence-electron chi connectivity index (χ1n) is 6.43. The second-order valence-corrected chi connectivity index (χ2v) is 6.09. The van der Waals surface area contributed by atoms with Gasteiger partial charge < -0.3 is 10.1 Å². The highest BCUT2D eigenvalue weighted by atomic mass is 79.9. The van der Waals surface area contributed by atoms with Crippen molar-refractivity contribution >= 4 is 31.9 Å². The maximum Gasteiger partial charge on any atom is 0.148 e. The predicted molar refractivity (Wildman–Crippen MR) is 84.2 cm³/mol. The number of nitrogens with one attached hydrogen (secondary N) is 1. The molecular weight excluding hydrogens is 358 g/mol. The topological polar surface area (TPSA) is 21.3 Å². The number of halogens is 2. The molecule has 1 aromatic rings. The molecule has 1 rings (SSSR count). The van der Waals surface area contributed by atoms with Crippen LogP contribution in [0.4, 0.5) is 0 Å². The van der Waals surface area contributed by atoms with Gasteiger partial charge in [0.05, 0.1) is 15.0 Å². The van der Waals surface area contributed by atoms with E-state index in [1.807, 2.05) is 0 Å². The van der Waals surface area contributed by atoms with Gasteiger partial charge >= 0.3 is 0 Å². The minimum absolute atomic E-state index is 0.238. The highest BCUT2D eigenvalue weighted by Gasteiger charge is 2.12. The van der Waals surface area contributed by atoms with E-state index in [0.29, 0.717) is 0 Å². The van der Waals surface area contributed by atoms with Crippen LogP contribution in [0.25, 0.3) is 0 Å². The molecule has 0 spiro atoms. The Bertz CT molecular complexity index is 359. The van der Waals surface area contributed by atoms with Crippen LogP contribution in [0, 0.1) is 0 Å². The zero-order valence-corrected chi connectivity index (χ0v) is 14.4. The highest BCUT2D eigenvalue weighted by Crippen LogP contribution is 2.35. The predicted octanol–water partition coefficient (Wildman–Crippen LogP) is 4.89. The van der Waals surface area contributed by atoms with Crippen molar-refractivity contribution in [3.63, 3.8) is 0 Å². The Labute approximate surface area is 127 Å². The smallest absolute Gasteiger partial charge is 0.148 e. The van der Waals surface area contributed by atoms with Gasteiger partial charge in [-0.1, -0.05) is 20.3 Å². The Morgan fingerprint density at radius 2 is 1.83 bits per heavy atom. The number of hydrogen-bond donors (Lipinski definition) is 1. The van der Waals surface area contributed by atoms with Gasteiger partial charge in [0.25, 0.3) is 0 Å². The third-order valence-corrected chi connectivity index (χ3v) is 3.83. The molecule has 0 heterocycles. The van der Waals surface area contributed by atoms with Gasteiger partial charge in [-0.05, 0) is 69.4 Å². The van der Waals surface area contributed by atoms with Gasteiger partial charge in [-0.2, -0.15) is 0 Å². The van der Waals surface area contributed by atoms with Crippen LogP contribution in [0.15, 0.2) is 21.1 Å². The summed E-state index contributed by atoms with van der Waals surface area (Å²) in [6, 6.07) is 4.23. The SMILES string of the molecule is CCCC(C)Oc1c(Br)cc(CNCC)cc1Br. The Hall–Kier alpha value is -0.0600. The molecule has 0 aliphatic rings. The van der Waals surface area contributed by atoms with Gasteiger partial charge in [0.2, 0.25) is 0 Å². The van der Waals surface area contributed by atoms with Crippen LogP contribution in [0.5, 0.6) is 5.75 Å². The lowest BCUT2D eigenvalue weighted by Crippen LogP contribution is -2.13. The van der Waals surface area contributed by atoms with Crippen molar-refractivity contribution < 1.29 is 4.74 Å². The fraction of sp³-hybridized carbons (Fsp3) is 0.571. The molecule has 0 fully saturated rings. The molecule has 1 N–H and O–H groups in total. The summed E-state index contributed by atoms with van der Waals surface area (Å²) < 4.78 is 7.98. The van der Waals surface area contributed by atoms with Crippen LogP contribution >= 0.6 is 31.9 Å². The van der Waals surface area contributed by atoms with Crippen LogP contribution < -0.4 is 10.1 Å². The van der Waals surface area contributed by atoms with Crippen molar-refractivity contribution in [3.05, 3.63) is 26.6 Å². The van der Waals surface area contributed by atoms with Crippen molar-refractivity contribution in [1.82, 2.24) is 5.32 Å². The molecule has 1 aromatic carbocycles. The summed E-state index contributed by atoms with van der Waals surface area (Å²) in [4.78, 5) is 0. The van der Waals surface area contributed by atoms with E-state index in [1.54, 1.807) is 0 Å². The summed E-state index contributed by atoms with van der Waals surface area (Å²) in [5, 5.41) is 3.32. The third-order valence-electron chi connectivity index (χ3n) is 2.65. The molecule has 0 aliphatic heterocycles. The number of ether oxygens (including phenoxy) is 1. The summed E-state index contributed by atoms with van der Waals surface area (Å²) in [6.07, 6.45) is 2.44. The molecule has 0 aromatic heterocycles. The molecule has 2 nitrogen and oxygen atoms in total. The molecule has 0 radical (unpaired) electrons. The molecule has 0 bridgehead atoms. The largest absolute Gasteiger partial charge is 0.488 e. The summed E-state index contributed by atoms with van der Waals surface area (Å²) in [5.74, 6) is 0.899. The van der Waals surface area contributed by atoms with E-state index < -0.39 is 0 Å². The van der Waals surface area contributed by atoms with Crippen LogP contribution in [-0.2, 0) is 6.54 Å². The first-order chi connectivity index (χ1) is 8.58. The van der Waals surface area contributed by atoms with Crippen LogP contribution in [0.3, 0.4) is 0 Å². The van der Waals surface area contributed by atoms with Crippen molar-refractivity contribution in [2.45, 2.75) is 46.3 Å². The van der Waals surface area contributed by atoms with Crippen LogP contribution in [0.1, 0.15) is 39.2 Å². The van der Waals surface area contributed by atoms with E-state index in [1.165, 1.54) is 5.56 Å². The number of hydrogen-bond acceptors (Lipinski definition) is 2. The van der Waals surface area contributed by atoms with E-state index in [-0.39, 0.29) is 6.10 Å². The fourth-order valence-electron chi connectivity index (χ4n) is 1.76. The molecule has 0 saturated carbocycles. The normalized spacial score (nSPS) is 12.5. The number of rotatable bonds is 7. The molecule has 102 valence electrons. The van der Waals surface area contributed by atoms with Crippen LogP contribution in [0.2, 0.25) is 0 Å². The lowest BCUT2D eigenvalue weighted by atomic mass is 10.2. The number of benzene rings is 1. The van der Waals surface area contributed by atoms with Crippen molar-refractivity contribution in [2.24, 2.45) is 0 Å². The van der Waals surface area contributed by atoms with E-state index in [9.17, 15) is 0 Å². The molecule has 4 heteroatoms. The zero-order valence-electron chi connectivity index (χ0n) is 11.2. The quantitative estimate of drug-likeness (QED) is 0.729. The Balaban J connectivity index is 2.80. The van der Waals surface area contributed by atoms with E-state index in [0.717, 1.165) is 40.6 Å². The second-order valence-electron chi connectivity index (χ2n) is 4.39. The van der Waals surface area contributed by atoms with Gasteiger partial charge in [0.15, 0.2) is 0 Å². The van der Waals surface area contributed by atoms with E-state index in [4.69, 9.17) is 4.74 Å². The molecular formula is C14H21Br2NO. The Morgan fingerprint density at radius 1 is 1.22 bits per heavy atom. The average molecular weight is 379 g/mol. The fourth-order valence-corrected chi connectivity index (χ4v) is 3.23. The van der Waals surface area contributed by atoms with Gasteiger partial charge in [0, 0.05) is 6.54 Å². The van der Waals surface area contributed by atoms with Gasteiger partial charge in [-0.15, -0.1) is 0 Å². The minimum atomic E-state index is 0.238. The Kier molecular flexibility index (Phi) is 7.27. The molecule has 1 atom stereocenters. The standard InChI is InChI=1S/C14H21Br2NO/c1-4-6-10(3)18-14-12(15)7-11(8-13(14)16)9-17-5-2/h7-8,10,17H,4-6,9H2,1-3H3. The van der Waals surface area contributed by atoms with Gasteiger partial charge in [0.1, 0.15) is 5.75 Å². The monoisotopic (exact) mass is 377 g/mol. The molecule has 0 amide bonds. The minimum Gasteiger partial charge on any atom is -0.488 e. The third kappa shape index (κ3) is 4.90. The van der Waals surface area contributed by atoms with Crippen molar-refractivity contribution in [3.8, 4) is 5.75 Å². The maximum atomic E-state index is 5.96. The van der Waals surface area contributed by atoms with E-state index in [2.05, 4.69) is 70.1 Å². The molecule has 0 aliphatic carbocycles. The van der Waals surface area contributed by atoms with Gasteiger partial charge in [-0.25, -0.2) is 0 Å². The molecule has 1 unspecified atom stereocenters. The first-order valence-corrected chi connectivity index (χ1v) is 8.02. The molecule has 18 heavy (non-hydrogen) atoms. The van der Waals surface area contributed by atoms with Gasteiger partial charge in [-0.3, -0.25) is 0 Å². The summed E-state index contributed by atoms with van der Waals surface area (Å²) in [7, 11) is 0. The summed E-state index contributed by atoms with van der Waals surface area (Å²) in [5.41, 5.74) is 1.24. The Morgan fingerprint density at radius 3 is 2.33 bits per heavy atom. The van der Waals surface area contributed by atoms with E-state index >= 15 is 0 Å². The van der Waals surface area contributed by atoms with Crippen molar-refractivity contribution in [1.29, 1.82) is 0 Å². The second kappa shape index (κ2) is 8.18. The average Bonchev–Trinajstić information content (AvgIpc) is 2.31. The lowest BCUT2D eigenvalue weighted by Gasteiger charge is -2.17. The lowest BCUT2D eigenvalue weighted by molar-refractivity contribution is 0.207. The summed E-state index contributed by atoms with van der Waals surface area (Å²) >= 11 is 7.17.